The Balaban J connectivity index is 2.00. The molecule has 1 aliphatic rings. The molecule has 0 aliphatic heterocycles. The van der Waals surface area contributed by atoms with Crippen molar-refractivity contribution in [2.24, 2.45) is 5.92 Å². The molecule has 0 saturated heterocycles. The zero-order valence-electron chi connectivity index (χ0n) is 14.1. The first-order chi connectivity index (χ1) is 11.5. The van der Waals surface area contributed by atoms with Crippen LogP contribution in [0.3, 0.4) is 0 Å². The minimum absolute atomic E-state index is 0.100. The number of amides is 1. The van der Waals surface area contributed by atoms with E-state index in [4.69, 9.17) is 21.1 Å². The van der Waals surface area contributed by atoms with Gasteiger partial charge in [-0.2, -0.15) is 0 Å². The van der Waals surface area contributed by atoms with E-state index < -0.39 is 12.0 Å². The summed E-state index contributed by atoms with van der Waals surface area (Å²) in [5.41, 5.74) is 0.831. The summed E-state index contributed by atoms with van der Waals surface area (Å²) >= 11 is 6.12. The number of esters is 1. The van der Waals surface area contributed by atoms with Gasteiger partial charge in [0.15, 0.2) is 0 Å². The maximum atomic E-state index is 12.2. The molecule has 0 spiro atoms. The van der Waals surface area contributed by atoms with Crippen LogP contribution >= 0.6 is 11.6 Å². The van der Waals surface area contributed by atoms with Crippen LogP contribution in [0.1, 0.15) is 37.7 Å². The van der Waals surface area contributed by atoms with Gasteiger partial charge in [-0.3, -0.25) is 4.79 Å². The predicted molar refractivity (Wildman–Crippen MR) is 92.2 cm³/mol. The van der Waals surface area contributed by atoms with Gasteiger partial charge >= 0.3 is 5.97 Å². The van der Waals surface area contributed by atoms with E-state index in [1.54, 1.807) is 19.2 Å². The third kappa shape index (κ3) is 5.13. The molecule has 6 heteroatoms. The standard InChI is InChI=1S/C18H24ClNO4/c1-23-16-8-7-13(9-14(16)19)10-15(18(22)24-2)20-17(21)11-12-5-3-4-6-12/h7-9,12,15H,3-6,10-11H2,1-2H3,(H,20,21)/t15-/m0/s1. The topological polar surface area (TPSA) is 64.6 Å². The van der Waals surface area contributed by atoms with E-state index in [2.05, 4.69) is 5.32 Å². The van der Waals surface area contributed by atoms with Crippen LogP contribution in [0.15, 0.2) is 18.2 Å². The molecule has 1 aromatic carbocycles. The van der Waals surface area contributed by atoms with Crippen molar-refractivity contribution >= 4 is 23.5 Å². The van der Waals surface area contributed by atoms with Crippen LogP contribution in [0, 0.1) is 5.92 Å². The number of benzene rings is 1. The highest BCUT2D eigenvalue weighted by molar-refractivity contribution is 6.32. The molecular formula is C18H24ClNO4. The minimum atomic E-state index is -0.714. The van der Waals surface area contributed by atoms with Crippen LogP contribution in [0.4, 0.5) is 0 Å². The van der Waals surface area contributed by atoms with E-state index in [9.17, 15) is 9.59 Å². The van der Waals surface area contributed by atoms with Gasteiger partial charge in [-0.15, -0.1) is 0 Å². The third-order valence-electron chi connectivity index (χ3n) is 4.43. The Morgan fingerprint density at radius 1 is 1.29 bits per heavy atom. The van der Waals surface area contributed by atoms with E-state index in [1.807, 2.05) is 6.07 Å². The molecule has 1 aromatic rings. The van der Waals surface area contributed by atoms with Crippen molar-refractivity contribution in [2.75, 3.05) is 14.2 Å². The number of hydrogen-bond donors (Lipinski definition) is 1. The van der Waals surface area contributed by atoms with Crippen molar-refractivity contribution in [3.63, 3.8) is 0 Å². The smallest absolute Gasteiger partial charge is 0.328 e. The Labute approximate surface area is 147 Å². The largest absolute Gasteiger partial charge is 0.495 e. The van der Waals surface area contributed by atoms with E-state index in [0.717, 1.165) is 18.4 Å². The first-order valence-corrected chi connectivity index (χ1v) is 8.61. The van der Waals surface area contributed by atoms with E-state index in [0.29, 0.717) is 29.5 Å². The first-order valence-electron chi connectivity index (χ1n) is 8.23. The van der Waals surface area contributed by atoms with Crippen molar-refractivity contribution in [2.45, 2.75) is 44.6 Å². The molecule has 5 nitrogen and oxygen atoms in total. The maximum absolute atomic E-state index is 12.2. The van der Waals surface area contributed by atoms with E-state index >= 15 is 0 Å². The number of methoxy groups -OCH3 is 2. The lowest BCUT2D eigenvalue weighted by Gasteiger charge is -2.18. The second-order valence-corrected chi connectivity index (χ2v) is 6.58. The Bertz CT molecular complexity index is 584. The summed E-state index contributed by atoms with van der Waals surface area (Å²) in [5.74, 6) is 0.442. The van der Waals surface area contributed by atoms with E-state index in [1.165, 1.54) is 20.0 Å². The lowest BCUT2D eigenvalue weighted by atomic mass is 10.0. The number of ether oxygens (including phenoxy) is 2. The van der Waals surface area contributed by atoms with Crippen LogP contribution in [0.2, 0.25) is 5.02 Å². The summed E-state index contributed by atoms with van der Waals surface area (Å²) in [5, 5.41) is 3.27. The van der Waals surface area contributed by atoms with Gasteiger partial charge in [-0.1, -0.05) is 30.5 Å². The number of hydrogen-bond acceptors (Lipinski definition) is 4. The van der Waals surface area contributed by atoms with Crippen LogP contribution in [-0.4, -0.2) is 32.1 Å². The summed E-state index contributed by atoms with van der Waals surface area (Å²) in [6.07, 6.45) is 5.34. The molecule has 1 fully saturated rings. The average molecular weight is 354 g/mol. The third-order valence-corrected chi connectivity index (χ3v) is 4.72. The monoisotopic (exact) mass is 353 g/mol. The van der Waals surface area contributed by atoms with Crippen LogP contribution in [-0.2, 0) is 20.7 Å². The molecule has 0 radical (unpaired) electrons. The second-order valence-electron chi connectivity index (χ2n) is 6.17. The summed E-state index contributed by atoms with van der Waals surface area (Å²) in [6.45, 7) is 0. The number of nitrogens with one attached hydrogen (secondary N) is 1. The summed E-state index contributed by atoms with van der Waals surface area (Å²) < 4.78 is 9.94. The Morgan fingerprint density at radius 3 is 2.58 bits per heavy atom. The molecular weight excluding hydrogens is 330 g/mol. The van der Waals surface area contributed by atoms with Crippen LogP contribution in [0.25, 0.3) is 0 Å². The molecule has 0 aromatic heterocycles. The first kappa shape index (κ1) is 18.6. The van der Waals surface area contributed by atoms with Gasteiger partial charge in [0.25, 0.3) is 0 Å². The van der Waals surface area contributed by atoms with Gasteiger partial charge < -0.3 is 14.8 Å². The molecule has 0 unspecified atom stereocenters. The molecule has 132 valence electrons. The molecule has 0 heterocycles. The summed E-state index contributed by atoms with van der Waals surface area (Å²) in [4.78, 5) is 24.2. The molecule has 1 saturated carbocycles. The fraction of sp³-hybridized carbons (Fsp3) is 0.556. The van der Waals surface area contributed by atoms with Crippen molar-refractivity contribution in [3.8, 4) is 5.75 Å². The number of carbonyl (C=O) groups is 2. The second kappa shape index (κ2) is 8.92. The number of rotatable bonds is 7. The molecule has 24 heavy (non-hydrogen) atoms. The van der Waals surface area contributed by atoms with Gasteiger partial charge in [0.2, 0.25) is 5.91 Å². The van der Waals surface area contributed by atoms with Crippen molar-refractivity contribution < 1.29 is 19.1 Å². The van der Waals surface area contributed by atoms with Crippen LogP contribution < -0.4 is 10.1 Å². The Morgan fingerprint density at radius 2 is 2.00 bits per heavy atom. The molecule has 2 rings (SSSR count). The summed E-state index contributed by atoms with van der Waals surface area (Å²) in [7, 11) is 2.86. The van der Waals surface area contributed by atoms with Crippen molar-refractivity contribution in [3.05, 3.63) is 28.8 Å². The Kier molecular flexibility index (Phi) is 6.91. The number of carbonyl (C=O) groups excluding carboxylic acids is 2. The molecule has 0 bridgehead atoms. The van der Waals surface area contributed by atoms with Gasteiger partial charge in [-0.25, -0.2) is 4.79 Å². The van der Waals surface area contributed by atoms with Gasteiger partial charge in [0, 0.05) is 12.8 Å². The lowest BCUT2D eigenvalue weighted by Crippen LogP contribution is -2.43. The van der Waals surface area contributed by atoms with Gasteiger partial charge in [-0.05, 0) is 36.5 Å². The molecule has 1 aliphatic carbocycles. The molecule has 1 amide bonds. The zero-order chi connectivity index (χ0) is 17.5. The fourth-order valence-corrected chi connectivity index (χ4v) is 3.42. The lowest BCUT2D eigenvalue weighted by molar-refractivity contribution is -0.145. The average Bonchev–Trinajstić information content (AvgIpc) is 3.06. The molecule has 1 N–H and O–H groups in total. The highest BCUT2D eigenvalue weighted by Gasteiger charge is 2.25. The highest BCUT2D eigenvalue weighted by atomic mass is 35.5. The minimum Gasteiger partial charge on any atom is -0.495 e. The van der Waals surface area contributed by atoms with Gasteiger partial charge in [0.1, 0.15) is 11.8 Å². The zero-order valence-corrected chi connectivity index (χ0v) is 14.9. The summed E-state index contributed by atoms with van der Waals surface area (Å²) in [6, 6.07) is 4.59. The highest BCUT2D eigenvalue weighted by Crippen LogP contribution is 2.28. The predicted octanol–water partition coefficient (Wildman–Crippen LogP) is 3.13. The Hall–Kier alpha value is -1.75. The van der Waals surface area contributed by atoms with E-state index in [-0.39, 0.29) is 5.91 Å². The SMILES string of the molecule is COC(=O)[C@H](Cc1ccc(OC)c(Cl)c1)NC(=O)CC1CCCC1. The number of halogens is 1. The molecule has 1 atom stereocenters. The quantitative estimate of drug-likeness (QED) is 0.765. The maximum Gasteiger partial charge on any atom is 0.328 e. The fourth-order valence-electron chi connectivity index (χ4n) is 3.14. The van der Waals surface area contributed by atoms with Gasteiger partial charge in [0.05, 0.1) is 19.2 Å². The normalized spacial score (nSPS) is 15.8. The van der Waals surface area contributed by atoms with Crippen LogP contribution in [0.5, 0.6) is 5.75 Å². The van der Waals surface area contributed by atoms with Crippen molar-refractivity contribution in [1.82, 2.24) is 5.32 Å². The van der Waals surface area contributed by atoms with Crippen molar-refractivity contribution in [1.29, 1.82) is 0 Å².